The Bertz CT molecular complexity index is 765. The minimum Gasteiger partial charge on any atom is -0.302 e. The molecule has 0 bridgehead atoms. The predicted molar refractivity (Wildman–Crippen MR) is 75.1 cm³/mol. The van der Waals surface area contributed by atoms with Crippen LogP contribution in [0.3, 0.4) is 0 Å². The summed E-state index contributed by atoms with van der Waals surface area (Å²) in [5.41, 5.74) is 0. The van der Waals surface area contributed by atoms with Crippen LogP contribution < -0.4 is 0 Å². The van der Waals surface area contributed by atoms with Crippen LogP contribution in [0.25, 0.3) is 0 Å². The van der Waals surface area contributed by atoms with Gasteiger partial charge < -0.3 is 4.74 Å². The van der Waals surface area contributed by atoms with Crippen molar-refractivity contribution in [1.82, 2.24) is 0 Å². The van der Waals surface area contributed by atoms with E-state index in [-0.39, 0.29) is 6.92 Å². The van der Waals surface area contributed by atoms with Crippen molar-refractivity contribution in [2.24, 2.45) is 0 Å². The van der Waals surface area contributed by atoms with Gasteiger partial charge in [0.2, 0.25) is 0 Å². The lowest BCUT2D eigenvalue weighted by atomic mass is 9.87. The SMILES string of the molecule is CC(I)OC(F)(F)C(F)(F)C(F)(F)C(F)(F)C(F)(F)C(F)(F)C(F)(F)C(F)(F)C(F)(F)C(F)(F)F. The summed E-state index contributed by atoms with van der Waals surface area (Å²) in [4.78, 5) is 0. The van der Waals surface area contributed by atoms with Crippen LogP contribution in [0.5, 0.6) is 0 Å². The second-order valence-corrected chi connectivity index (χ2v) is 8.02. The summed E-state index contributed by atoms with van der Waals surface area (Å²) in [5.74, 6) is -70.4. The van der Waals surface area contributed by atoms with Gasteiger partial charge in [-0.15, -0.1) is 0 Å². The highest BCUT2D eigenvalue weighted by molar-refractivity contribution is 14.1. The molecule has 35 heavy (non-hydrogen) atoms. The average molecular weight is 690 g/mol. The van der Waals surface area contributed by atoms with Crippen molar-refractivity contribution >= 4 is 22.6 Å². The molecule has 0 aromatic heterocycles. The molecule has 1 nitrogen and oxygen atoms in total. The van der Waals surface area contributed by atoms with Gasteiger partial charge in [-0.3, -0.25) is 0 Å². The number of halogens is 22. The zero-order valence-corrected chi connectivity index (χ0v) is 17.5. The maximum Gasteiger partial charge on any atom is 0.460 e. The van der Waals surface area contributed by atoms with E-state index in [1.165, 1.54) is 0 Å². The zero-order valence-electron chi connectivity index (χ0n) is 15.3. The highest BCUT2D eigenvalue weighted by atomic mass is 127. The van der Waals surface area contributed by atoms with E-state index in [4.69, 9.17) is 0 Å². The Labute approximate surface area is 191 Å². The lowest BCUT2D eigenvalue weighted by molar-refractivity contribution is -0.484. The van der Waals surface area contributed by atoms with Crippen molar-refractivity contribution in [3.8, 4) is 0 Å². The molecule has 0 amide bonds. The topological polar surface area (TPSA) is 9.23 Å². The van der Waals surface area contributed by atoms with Gasteiger partial charge in [0, 0.05) is 0 Å². The maximum atomic E-state index is 13.4. The number of hydrogen-bond acceptors (Lipinski definition) is 1. The third-order valence-electron chi connectivity index (χ3n) is 3.79. The molecule has 0 saturated heterocycles. The maximum absolute atomic E-state index is 13.4. The highest BCUT2D eigenvalue weighted by Crippen LogP contribution is 2.66. The summed E-state index contributed by atoms with van der Waals surface area (Å²) in [7, 11) is 0. The van der Waals surface area contributed by atoms with E-state index in [9.17, 15) is 92.2 Å². The van der Waals surface area contributed by atoms with Gasteiger partial charge in [0.15, 0.2) is 0 Å². The van der Waals surface area contributed by atoms with Crippen molar-refractivity contribution in [3.63, 3.8) is 0 Å². The van der Waals surface area contributed by atoms with Crippen LogP contribution >= 0.6 is 22.6 Å². The molecule has 212 valence electrons. The molecule has 0 fully saturated rings. The third-order valence-corrected chi connectivity index (χ3v) is 4.05. The van der Waals surface area contributed by atoms with Crippen molar-refractivity contribution in [2.75, 3.05) is 0 Å². The Balaban J connectivity index is 7.03. The van der Waals surface area contributed by atoms with Gasteiger partial charge in [0.1, 0.15) is 4.11 Å². The first-order valence-corrected chi connectivity index (χ1v) is 8.70. The number of rotatable bonds is 10. The Morgan fingerprint density at radius 1 is 0.400 bits per heavy atom. The van der Waals surface area contributed by atoms with Crippen LogP contribution in [0.2, 0.25) is 0 Å². The van der Waals surface area contributed by atoms with Gasteiger partial charge in [0.05, 0.1) is 0 Å². The molecule has 0 saturated carbocycles. The molecule has 0 aromatic carbocycles. The monoisotopic (exact) mass is 690 g/mol. The van der Waals surface area contributed by atoms with E-state index in [2.05, 4.69) is 4.74 Å². The fraction of sp³-hybridized carbons (Fsp3) is 1.00. The van der Waals surface area contributed by atoms with E-state index >= 15 is 0 Å². The van der Waals surface area contributed by atoms with E-state index < -0.39 is 63.8 Å². The highest BCUT2D eigenvalue weighted by Gasteiger charge is 2.98. The summed E-state index contributed by atoms with van der Waals surface area (Å²) < 4.78 is 274. The second kappa shape index (κ2) is 8.63. The average Bonchev–Trinajstić information content (AvgIpc) is 2.58. The lowest BCUT2D eigenvalue weighted by Gasteiger charge is -2.44. The Morgan fingerprint density at radius 2 is 0.600 bits per heavy atom. The molecule has 1 atom stereocenters. The quantitative estimate of drug-likeness (QED) is 0.128. The molecule has 0 aromatic rings. The number of ether oxygens (including phenoxy) is 1. The third kappa shape index (κ3) is 4.46. The Kier molecular flexibility index (Phi) is 8.44. The zero-order chi connectivity index (χ0) is 29.3. The molecule has 0 aliphatic heterocycles. The van der Waals surface area contributed by atoms with Crippen molar-refractivity contribution in [1.29, 1.82) is 0 Å². The minimum atomic E-state index is -9.17. The second-order valence-electron chi connectivity index (χ2n) is 6.27. The Morgan fingerprint density at radius 3 is 0.800 bits per heavy atom. The molecule has 1 unspecified atom stereocenters. The summed E-state index contributed by atoms with van der Waals surface area (Å²) in [6, 6.07) is 0. The van der Waals surface area contributed by atoms with Gasteiger partial charge in [-0.2, -0.15) is 92.2 Å². The van der Waals surface area contributed by atoms with Crippen LogP contribution in [0.15, 0.2) is 0 Å². The molecule has 0 aliphatic rings. The van der Waals surface area contributed by atoms with E-state index in [1.54, 1.807) is 0 Å². The molecular weight excluding hydrogens is 686 g/mol. The van der Waals surface area contributed by atoms with E-state index in [1.807, 2.05) is 0 Å². The van der Waals surface area contributed by atoms with Crippen LogP contribution in [-0.4, -0.2) is 63.8 Å². The van der Waals surface area contributed by atoms with Crippen molar-refractivity contribution in [3.05, 3.63) is 0 Å². The van der Waals surface area contributed by atoms with Crippen molar-refractivity contribution in [2.45, 2.75) is 70.7 Å². The molecule has 0 spiro atoms. The van der Waals surface area contributed by atoms with Crippen LogP contribution in [0, 0.1) is 0 Å². The molecule has 0 rings (SSSR count). The molecule has 0 radical (unpaired) electrons. The Hall–Kier alpha value is -0.780. The summed E-state index contributed by atoms with van der Waals surface area (Å²) in [6.07, 6.45) is -15.0. The summed E-state index contributed by atoms with van der Waals surface area (Å²) >= 11 is 0.537. The van der Waals surface area contributed by atoms with Crippen molar-refractivity contribution < 1.29 is 96.9 Å². The first-order chi connectivity index (χ1) is 14.7. The smallest absolute Gasteiger partial charge is 0.302 e. The molecular formula is C12H4F21IO. The first kappa shape index (κ1) is 34.2. The standard InChI is InChI=1S/C12H4F21IO/c1-2(34)35-12(32,33)10(27,28)8(23,24)6(19,20)4(15,16)3(13,14)5(17,18)7(21,22)9(25,26)11(29,30)31/h2H,1H3. The molecule has 0 aliphatic carbocycles. The van der Waals surface area contributed by atoms with Gasteiger partial charge >= 0.3 is 59.7 Å². The summed E-state index contributed by atoms with van der Waals surface area (Å²) in [6.45, 7) is 0.285. The predicted octanol–water partition coefficient (Wildman–Crippen LogP) is 8.02. The molecule has 0 heterocycles. The fourth-order valence-corrected chi connectivity index (χ4v) is 2.14. The normalized spacial score (nSPS) is 17.6. The minimum absolute atomic E-state index is 0.285. The van der Waals surface area contributed by atoms with Gasteiger partial charge in [0.25, 0.3) is 0 Å². The van der Waals surface area contributed by atoms with Gasteiger partial charge in [-0.25, -0.2) is 0 Å². The van der Waals surface area contributed by atoms with E-state index in [0.717, 1.165) is 0 Å². The fourth-order valence-electron chi connectivity index (χ4n) is 1.82. The lowest BCUT2D eigenvalue weighted by Crippen LogP contribution is -2.77. The van der Waals surface area contributed by atoms with Gasteiger partial charge in [-0.05, 0) is 6.92 Å². The van der Waals surface area contributed by atoms with Gasteiger partial charge in [-0.1, -0.05) is 22.6 Å². The largest absolute Gasteiger partial charge is 0.460 e. The molecule has 23 heteroatoms. The van der Waals surface area contributed by atoms with Crippen LogP contribution in [0.4, 0.5) is 92.2 Å². The summed E-state index contributed by atoms with van der Waals surface area (Å²) in [5, 5.41) is 0. The first-order valence-electron chi connectivity index (χ1n) is 7.45. The van der Waals surface area contributed by atoms with Crippen LogP contribution in [-0.2, 0) is 4.74 Å². The number of alkyl halides is 22. The van der Waals surface area contributed by atoms with Crippen LogP contribution in [0.1, 0.15) is 6.92 Å². The number of hydrogen-bond donors (Lipinski definition) is 0. The molecule has 0 N–H and O–H groups in total. The van der Waals surface area contributed by atoms with E-state index in [0.29, 0.717) is 22.6 Å².